The molecule has 0 aliphatic heterocycles. The quantitative estimate of drug-likeness (QED) is 0.608. The molecule has 4 aromatic rings. The minimum Gasteiger partial charge on any atom is -0.324 e. The van der Waals surface area contributed by atoms with Crippen LogP contribution in [-0.2, 0) is 0 Å². The number of hydrogen-bond acceptors (Lipinski definition) is 5. The first kappa shape index (κ1) is 14.8. The number of fused-ring (bicyclic) bond motifs is 1. The molecule has 0 aliphatic carbocycles. The molecule has 25 heavy (non-hydrogen) atoms. The fourth-order valence-electron chi connectivity index (χ4n) is 2.62. The summed E-state index contributed by atoms with van der Waals surface area (Å²) in [5, 5.41) is 13.6. The first-order chi connectivity index (χ1) is 12.3. The predicted octanol–water partition coefficient (Wildman–Crippen LogP) is 4.31. The molecular weight excluding hydrogens is 310 g/mol. The van der Waals surface area contributed by atoms with Gasteiger partial charge in [0.25, 0.3) is 0 Å². The molecule has 0 aliphatic rings. The van der Waals surface area contributed by atoms with Gasteiger partial charge in [-0.3, -0.25) is 4.98 Å². The maximum absolute atomic E-state index is 9.32. The number of pyridine rings is 1. The molecule has 0 fully saturated rings. The minimum atomic E-state index is 0.444. The summed E-state index contributed by atoms with van der Waals surface area (Å²) in [5.41, 5.74) is 3.73. The second-order valence-corrected chi connectivity index (χ2v) is 5.47. The Balaban J connectivity index is 1.72. The standard InChI is InChI=1S/C20H13N5/c21-12-16-13-23-20(25-19(16)14-5-2-1-3-6-14)24-17-8-9-18-15(11-17)7-4-10-22-18/h1-11,13H,(H,23,24,25). The van der Waals surface area contributed by atoms with E-state index in [1.807, 2.05) is 60.7 Å². The largest absolute Gasteiger partial charge is 0.324 e. The van der Waals surface area contributed by atoms with E-state index in [9.17, 15) is 5.26 Å². The van der Waals surface area contributed by atoms with Crippen molar-refractivity contribution in [2.24, 2.45) is 0 Å². The normalized spacial score (nSPS) is 10.4. The van der Waals surface area contributed by atoms with E-state index in [1.165, 1.54) is 0 Å². The Morgan fingerprint density at radius 2 is 1.80 bits per heavy atom. The van der Waals surface area contributed by atoms with Crippen LogP contribution in [0, 0.1) is 11.3 Å². The number of benzene rings is 2. The Labute approximate surface area is 144 Å². The second kappa shape index (κ2) is 6.38. The number of hydrogen-bond donors (Lipinski definition) is 1. The lowest BCUT2D eigenvalue weighted by atomic mass is 10.1. The lowest BCUT2D eigenvalue weighted by Crippen LogP contribution is -2.00. The molecule has 0 bridgehead atoms. The van der Waals surface area contributed by atoms with Crippen LogP contribution in [-0.4, -0.2) is 15.0 Å². The van der Waals surface area contributed by atoms with Crippen LogP contribution < -0.4 is 5.32 Å². The van der Waals surface area contributed by atoms with Gasteiger partial charge in [0.2, 0.25) is 5.95 Å². The van der Waals surface area contributed by atoms with Gasteiger partial charge in [0.1, 0.15) is 6.07 Å². The van der Waals surface area contributed by atoms with Crippen molar-refractivity contribution in [1.29, 1.82) is 5.26 Å². The van der Waals surface area contributed by atoms with Crippen LogP contribution >= 0.6 is 0 Å². The van der Waals surface area contributed by atoms with Crippen molar-refractivity contribution in [2.75, 3.05) is 5.32 Å². The van der Waals surface area contributed by atoms with E-state index < -0.39 is 0 Å². The second-order valence-electron chi connectivity index (χ2n) is 5.47. The number of aromatic nitrogens is 3. The van der Waals surface area contributed by atoms with Crippen molar-refractivity contribution < 1.29 is 0 Å². The Bertz CT molecular complexity index is 1080. The molecule has 1 N–H and O–H groups in total. The highest BCUT2D eigenvalue weighted by Gasteiger charge is 2.09. The third-order valence-corrected chi connectivity index (χ3v) is 3.82. The Morgan fingerprint density at radius 3 is 2.64 bits per heavy atom. The molecule has 0 spiro atoms. The summed E-state index contributed by atoms with van der Waals surface area (Å²) in [6.45, 7) is 0. The van der Waals surface area contributed by atoms with Gasteiger partial charge in [-0.25, -0.2) is 9.97 Å². The molecule has 0 saturated heterocycles. The third kappa shape index (κ3) is 3.01. The molecule has 5 nitrogen and oxygen atoms in total. The average Bonchev–Trinajstić information content (AvgIpc) is 2.68. The van der Waals surface area contributed by atoms with Gasteiger partial charge < -0.3 is 5.32 Å². The molecule has 118 valence electrons. The summed E-state index contributed by atoms with van der Waals surface area (Å²) in [5.74, 6) is 0.445. The van der Waals surface area contributed by atoms with Crippen molar-refractivity contribution in [3.63, 3.8) is 0 Å². The van der Waals surface area contributed by atoms with Gasteiger partial charge in [-0.1, -0.05) is 36.4 Å². The highest BCUT2D eigenvalue weighted by atomic mass is 15.1. The van der Waals surface area contributed by atoms with Crippen LogP contribution in [0.25, 0.3) is 22.2 Å². The van der Waals surface area contributed by atoms with E-state index in [4.69, 9.17) is 0 Å². The van der Waals surface area contributed by atoms with Crippen LogP contribution in [0.1, 0.15) is 5.56 Å². The monoisotopic (exact) mass is 323 g/mol. The zero-order chi connectivity index (χ0) is 17.1. The Morgan fingerprint density at radius 1 is 0.920 bits per heavy atom. The number of nitrogens with one attached hydrogen (secondary N) is 1. The topological polar surface area (TPSA) is 74.5 Å². The van der Waals surface area contributed by atoms with Gasteiger partial charge in [0, 0.05) is 22.8 Å². The third-order valence-electron chi connectivity index (χ3n) is 3.82. The summed E-state index contributed by atoms with van der Waals surface area (Å²) in [6, 6.07) is 21.5. The van der Waals surface area contributed by atoms with E-state index in [0.717, 1.165) is 22.2 Å². The van der Waals surface area contributed by atoms with Crippen molar-refractivity contribution >= 4 is 22.5 Å². The van der Waals surface area contributed by atoms with Crippen molar-refractivity contribution in [3.8, 4) is 17.3 Å². The maximum Gasteiger partial charge on any atom is 0.227 e. The molecule has 2 aromatic heterocycles. The molecule has 5 heteroatoms. The van der Waals surface area contributed by atoms with Crippen LogP contribution in [0.15, 0.2) is 73.1 Å². The summed E-state index contributed by atoms with van der Waals surface area (Å²) in [6.07, 6.45) is 3.31. The van der Waals surface area contributed by atoms with Gasteiger partial charge in [0.15, 0.2) is 0 Å². The first-order valence-corrected chi connectivity index (χ1v) is 7.78. The fraction of sp³-hybridized carbons (Fsp3) is 0. The predicted molar refractivity (Wildman–Crippen MR) is 97.2 cm³/mol. The highest BCUT2D eigenvalue weighted by molar-refractivity contribution is 5.83. The van der Waals surface area contributed by atoms with Crippen LogP contribution in [0.2, 0.25) is 0 Å². The molecule has 0 amide bonds. The van der Waals surface area contributed by atoms with E-state index in [-0.39, 0.29) is 0 Å². The molecule has 2 heterocycles. The zero-order valence-corrected chi connectivity index (χ0v) is 13.2. The number of rotatable bonds is 3. The summed E-state index contributed by atoms with van der Waals surface area (Å²) >= 11 is 0. The molecule has 0 radical (unpaired) electrons. The molecule has 4 rings (SSSR count). The molecular formula is C20H13N5. The van der Waals surface area contributed by atoms with Crippen LogP contribution in [0.3, 0.4) is 0 Å². The zero-order valence-electron chi connectivity index (χ0n) is 13.2. The fourth-order valence-corrected chi connectivity index (χ4v) is 2.62. The number of nitriles is 1. The van der Waals surface area contributed by atoms with Crippen LogP contribution in [0.4, 0.5) is 11.6 Å². The molecule has 0 atom stereocenters. The lowest BCUT2D eigenvalue weighted by molar-refractivity contribution is 1.16. The molecule has 0 unspecified atom stereocenters. The van der Waals surface area contributed by atoms with Gasteiger partial charge in [0.05, 0.1) is 23.0 Å². The van der Waals surface area contributed by atoms with E-state index in [2.05, 4.69) is 26.3 Å². The van der Waals surface area contributed by atoms with Crippen molar-refractivity contribution in [3.05, 3.63) is 78.6 Å². The number of anilines is 2. The SMILES string of the molecule is N#Cc1cnc(Nc2ccc3ncccc3c2)nc1-c1ccccc1. The first-order valence-electron chi connectivity index (χ1n) is 7.78. The summed E-state index contributed by atoms with van der Waals surface area (Å²) < 4.78 is 0. The number of nitrogens with zero attached hydrogens (tertiary/aromatic N) is 4. The highest BCUT2D eigenvalue weighted by Crippen LogP contribution is 2.24. The molecule has 2 aromatic carbocycles. The molecule has 0 saturated carbocycles. The maximum atomic E-state index is 9.32. The van der Waals surface area contributed by atoms with Crippen molar-refractivity contribution in [1.82, 2.24) is 15.0 Å². The summed E-state index contributed by atoms with van der Waals surface area (Å²) in [7, 11) is 0. The summed E-state index contributed by atoms with van der Waals surface area (Å²) in [4.78, 5) is 13.1. The average molecular weight is 323 g/mol. The minimum absolute atomic E-state index is 0.444. The van der Waals surface area contributed by atoms with Crippen molar-refractivity contribution in [2.45, 2.75) is 0 Å². The van der Waals surface area contributed by atoms with E-state index in [0.29, 0.717) is 17.2 Å². The van der Waals surface area contributed by atoms with Gasteiger partial charge in [-0.05, 0) is 24.3 Å². The van der Waals surface area contributed by atoms with Gasteiger partial charge in [-0.15, -0.1) is 0 Å². The van der Waals surface area contributed by atoms with E-state index in [1.54, 1.807) is 12.4 Å². The van der Waals surface area contributed by atoms with Gasteiger partial charge in [-0.2, -0.15) is 5.26 Å². The Hall–Kier alpha value is -3.78. The van der Waals surface area contributed by atoms with Crippen LogP contribution in [0.5, 0.6) is 0 Å². The lowest BCUT2D eigenvalue weighted by Gasteiger charge is -2.09. The Kier molecular flexibility index (Phi) is 3.77. The van der Waals surface area contributed by atoms with E-state index >= 15 is 0 Å². The van der Waals surface area contributed by atoms with Gasteiger partial charge >= 0.3 is 0 Å². The smallest absolute Gasteiger partial charge is 0.227 e.